The van der Waals surface area contributed by atoms with E-state index in [9.17, 15) is 14.3 Å². The summed E-state index contributed by atoms with van der Waals surface area (Å²) in [6.45, 7) is 5.55. The quantitative estimate of drug-likeness (QED) is 0.744. The van der Waals surface area contributed by atoms with Gasteiger partial charge >= 0.3 is 6.03 Å². The van der Waals surface area contributed by atoms with Crippen molar-refractivity contribution in [1.29, 1.82) is 0 Å². The van der Waals surface area contributed by atoms with Crippen LogP contribution in [-0.2, 0) is 0 Å². The van der Waals surface area contributed by atoms with Gasteiger partial charge in [0.15, 0.2) is 0 Å². The first-order chi connectivity index (χ1) is 11.8. The van der Waals surface area contributed by atoms with Crippen molar-refractivity contribution in [3.05, 3.63) is 59.9 Å². The summed E-state index contributed by atoms with van der Waals surface area (Å²) >= 11 is 0. The van der Waals surface area contributed by atoms with E-state index >= 15 is 0 Å². The minimum absolute atomic E-state index is 0.0795. The summed E-state index contributed by atoms with van der Waals surface area (Å²) < 4.78 is 18.5. The number of nitrogens with one attached hydrogen (secondary N) is 2. The lowest BCUT2D eigenvalue weighted by Crippen LogP contribution is -2.39. The molecule has 0 saturated heterocycles. The first-order valence-corrected chi connectivity index (χ1v) is 8.13. The normalized spacial score (nSPS) is 13.2. The zero-order valence-electron chi connectivity index (χ0n) is 14.5. The molecule has 2 unspecified atom stereocenters. The molecule has 0 spiro atoms. The van der Waals surface area contributed by atoms with Gasteiger partial charge in [0.25, 0.3) is 0 Å². The van der Waals surface area contributed by atoms with Gasteiger partial charge in [0.05, 0.1) is 18.2 Å². The lowest BCUT2D eigenvalue weighted by atomic mass is 10.0. The van der Waals surface area contributed by atoms with Gasteiger partial charge in [-0.15, -0.1) is 0 Å². The van der Waals surface area contributed by atoms with Crippen LogP contribution in [0.25, 0.3) is 0 Å². The Morgan fingerprint density at radius 2 is 1.64 bits per heavy atom. The highest BCUT2D eigenvalue weighted by atomic mass is 19.1. The van der Waals surface area contributed by atoms with E-state index in [0.717, 1.165) is 5.75 Å². The van der Waals surface area contributed by atoms with Crippen LogP contribution in [0.15, 0.2) is 48.5 Å². The molecule has 0 aromatic heterocycles. The number of carbonyl (C=O) groups is 1. The Kier molecular flexibility index (Phi) is 6.36. The lowest BCUT2D eigenvalue weighted by molar-refractivity contribution is 0.139. The molecule has 2 atom stereocenters. The number of halogens is 1. The number of benzene rings is 2. The summed E-state index contributed by atoms with van der Waals surface area (Å²) in [5.41, 5.74) is 1.14. The van der Waals surface area contributed by atoms with E-state index in [4.69, 9.17) is 4.74 Å². The first kappa shape index (κ1) is 18.7. The molecule has 25 heavy (non-hydrogen) atoms. The van der Waals surface area contributed by atoms with E-state index in [0.29, 0.717) is 11.3 Å². The molecule has 0 heterocycles. The maximum Gasteiger partial charge on any atom is 0.319 e. The van der Waals surface area contributed by atoms with Crippen molar-refractivity contribution in [3.63, 3.8) is 0 Å². The standard InChI is InChI=1S/C19H23FN2O3/c1-12(2)25-17-10-8-16(9-11-17)22-19(24)21-13(3)18(23)14-4-6-15(20)7-5-14/h4-13,18,23H,1-3H3,(H2,21,22,24). The topological polar surface area (TPSA) is 70.6 Å². The molecule has 0 radical (unpaired) electrons. The Hall–Kier alpha value is -2.60. The fourth-order valence-electron chi connectivity index (χ4n) is 2.29. The Labute approximate surface area is 146 Å². The molecule has 0 fully saturated rings. The number of aliphatic hydroxyl groups excluding tert-OH is 1. The van der Waals surface area contributed by atoms with Gasteiger partial charge in [-0.3, -0.25) is 0 Å². The molecular formula is C19H23FN2O3. The van der Waals surface area contributed by atoms with Gasteiger partial charge < -0.3 is 20.5 Å². The molecule has 0 aliphatic heterocycles. The van der Waals surface area contributed by atoms with Crippen molar-refractivity contribution in [2.24, 2.45) is 0 Å². The number of amides is 2. The van der Waals surface area contributed by atoms with Gasteiger partial charge in [-0.1, -0.05) is 12.1 Å². The van der Waals surface area contributed by atoms with Gasteiger partial charge in [-0.2, -0.15) is 0 Å². The number of anilines is 1. The number of hydrogen-bond acceptors (Lipinski definition) is 3. The van der Waals surface area contributed by atoms with Crippen LogP contribution in [0, 0.1) is 5.82 Å². The number of hydrogen-bond donors (Lipinski definition) is 3. The van der Waals surface area contributed by atoms with Crippen LogP contribution < -0.4 is 15.4 Å². The molecule has 2 rings (SSSR count). The number of urea groups is 1. The second-order valence-corrected chi connectivity index (χ2v) is 6.07. The third-order valence-corrected chi connectivity index (χ3v) is 3.53. The predicted molar refractivity (Wildman–Crippen MR) is 95.2 cm³/mol. The number of rotatable bonds is 6. The van der Waals surface area contributed by atoms with Crippen LogP contribution in [0.1, 0.15) is 32.4 Å². The maximum atomic E-state index is 12.9. The second-order valence-electron chi connectivity index (χ2n) is 6.07. The fraction of sp³-hybridized carbons (Fsp3) is 0.316. The van der Waals surface area contributed by atoms with Crippen molar-refractivity contribution in [1.82, 2.24) is 5.32 Å². The van der Waals surface area contributed by atoms with Gasteiger partial charge in [0, 0.05) is 5.69 Å². The molecule has 5 nitrogen and oxygen atoms in total. The van der Waals surface area contributed by atoms with Crippen LogP contribution >= 0.6 is 0 Å². The van der Waals surface area contributed by atoms with E-state index in [-0.39, 0.29) is 11.9 Å². The van der Waals surface area contributed by atoms with Gasteiger partial charge in [0.1, 0.15) is 11.6 Å². The van der Waals surface area contributed by atoms with Gasteiger partial charge in [-0.25, -0.2) is 9.18 Å². The molecule has 134 valence electrons. The minimum Gasteiger partial charge on any atom is -0.491 e. The van der Waals surface area contributed by atoms with Crippen LogP contribution in [0.2, 0.25) is 0 Å². The molecule has 0 saturated carbocycles. The predicted octanol–water partition coefficient (Wildman–Crippen LogP) is 3.86. The number of ether oxygens (including phenoxy) is 1. The summed E-state index contributed by atoms with van der Waals surface area (Å²) in [5.74, 6) is 0.347. The van der Waals surface area contributed by atoms with Crippen molar-refractivity contribution in [2.75, 3.05) is 5.32 Å². The first-order valence-electron chi connectivity index (χ1n) is 8.13. The fourth-order valence-corrected chi connectivity index (χ4v) is 2.29. The average Bonchev–Trinajstić information content (AvgIpc) is 2.56. The molecule has 0 aliphatic rings. The van der Waals surface area contributed by atoms with Crippen molar-refractivity contribution < 1.29 is 19.0 Å². The summed E-state index contributed by atoms with van der Waals surface area (Å²) in [6.07, 6.45) is -0.857. The van der Waals surface area contributed by atoms with E-state index < -0.39 is 18.2 Å². The Balaban J connectivity index is 1.89. The third-order valence-electron chi connectivity index (χ3n) is 3.53. The average molecular weight is 346 g/mol. The molecule has 0 bridgehead atoms. The zero-order chi connectivity index (χ0) is 18.4. The van der Waals surface area contributed by atoms with Crippen LogP contribution in [0.5, 0.6) is 5.75 Å². The van der Waals surface area contributed by atoms with Gasteiger partial charge in [0.2, 0.25) is 0 Å². The number of aliphatic hydroxyl groups is 1. The highest BCUT2D eigenvalue weighted by Crippen LogP contribution is 2.19. The van der Waals surface area contributed by atoms with Crippen LogP contribution in [-0.4, -0.2) is 23.3 Å². The molecule has 3 N–H and O–H groups in total. The van der Waals surface area contributed by atoms with Crippen LogP contribution in [0.3, 0.4) is 0 Å². The molecule has 0 aliphatic carbocycles. The van der Waals surface area contributed by atoms with Crippen molar-refractivity contribution in [3.8, 4) is 5.75 Å². The Morgan fingerprint density at radius 3 is 2.20 bits per heavy atom. The Bertz CT molecular complexity index is 687. The second kappa shape index (κ2) is 8.48. The molecule has 2 aromatic carbocycles. The highest BCUT2D eigenvalue weighted by Gasteiger charge is 2.18. The van der Waals surface area contributed by atoms with E-state index in [1.807, 2.05) is 13.8 Å². The number of carbonyl (C=O) groups excluding carboxylic acids is 1. The van der Waals surface area contributed by atoms with E-state index in [1.165, 1.54) is 24.3 Å². The van der Waals surface area contributed by atoms with Crippen molar-refractivity contribution in [2.45, 2.75) is 39.0 Å². The highest BCUT2D eigenvalue weighted by molar-refractivity contribution is 5.89. The largest absolute Gasteiger partial charge is 0.491 e. The SMILES string of the molecule is CC(C)Oc1ccc(NC(=O)NC(C)C(O)c2ccc(F)cc2)cc1. The maximum absolute atomic E-state index is 12.9. The monoisotopic (exact) mass is 346 g/mol. The smallest absolute Gasteiger partial charge is 0.319 e. The zero-order valence-corrected chi connectivity index (χ0v) is 14.5. The third kappa shape index (κ3) is 5.76. The molecular weight excluding hydrogens is 323 g/mol. The molecule has 2 aromatic rings. The molecule has 6 heteroatoms. The van der Waals surface area contributed by atoms with Gasteiger partial charge in [-0.05, 0) is 62.7 Å². The Morgan fingerprint density at radius 1 is 1.04 bits per heavy atom. The van der Waals surface area contributed by atoms with E-state index in [1.54, 1.807) is 31.2 Å². The summed E-state index contributed by atoms with van der Waals surface area (Å²) in [4.78, 5) is 12.1. The lowest BCUT2D eigenvalue weighted by Gasteiger charge is -2.21. The summed E-state index contributed by atoms with van der Waals surface area (Å²) in [7, 11) is 0. The van der Waals surface area contributed by atoms with E-state index in [2.05, 4.69) is 10.6 Å². The summed E-state index contributed by atoms with van der Waals surface area (Å²) in [5, 5.41) is 15.6. The molecule has 2 amide bonds. The summed E-state index contributed by atoms with van der Waals surface area (Å²) in [6, 6.07) is 11.5. The minimum atomic E-state index is -0.937. The van der Waals surface area contributed by atoms with Crippen molar-refractivity contribution >= 4 is 11.7 Å². The van der Waals surface area contributed by atoms with Crippen LogP contribution in [0.4, 0.5) is 14.9 Å².